The lowest BCUT2D eigenvalue weighted by atomic mass is 10.1. The fourth-order valence-electron chi connectivity index (χ4n) is 2.51. The minimum absolute atomic E-state index is 0.293. The average Bonchev–Trinajstić information content (AvgIpc) is 2.94. The molecular weight excluding hydrogens is 280 g/mol. The van der Waals surface area contributed by atoms with Crippen LogP contribution in [0.2, 0.25) is 0 Å². The SMILES string of the molecule is CCN(CC)c1ccc2cc(-c3ncc(C)o3)c(=O)oc2c1. The van der Waals surface area contributed by atoms with E-state index in [0.717, 1.165) is 24.2 Å². The third kappa shape index (κ3) is 2.50. The molecule has 5 heteroatoms. The van der Waals surface area contributed by atoms with Gasteiger partial charge in [0.1, 0.15) is 16.9 Å². The first kappa shape index (κ1) is 14.4. The fraction of sp³-hybridized carbons (Fsp3) is 0.294. The summed E-state index contributed by atoms with van der Waals surface area (Å²) < 4.78 is 10.9. The van der Waals surface area contributed by atoms with E-state index < -0.39 is 5.63 Å². The first-order valence-corrected chi connectivity index (χ1v) is 7.38. The van der Waals surface area contributed by atoms with Crippen molar-refractivity contribution in [3.05, 3.63) is 46.6 Å². The quantitative estimate of drug-likeness (QED) is 0.689. The molecule has 2 aromatic heterocycles. The summed E-state index contributed by atoms with van der Waals surface area (Å²) >= 11 is 0. The Kier molecular flexibility index (Phi) is 3.71. The van der Waals surface area contributed by atoms with Crippen molar-refractivity contribution in [1.29, 1.82) is 0 Å². The minimum Gasteiger partial charge on any atom is -0.441 e. The van der Waals surface area contributed by atoms with Crippen LogP contribution in [0.4, 0.5) is 5.69 Å². The van der Waals surface area contributed by atoms with Gasteiger partial charge in [-0.3, -0.25) is 0 Å². The summed E-state index contributed by atoms with van der Waals surface area (Å²) in [4.78, 5) is 18.5. The van der Waals surface area contributed by atoms with E-state index in [2.05, 4.69) is 23.7 Å². The van der Waals surface area contributed by atoms with Crippen molar-refractivity contribution in [2.75, 3.05) is 18.0 Å². The average molecular weight is 298 g/mol. The second-order valence-electron chi connectivity index (χ2n) is 5.12. The molecule has 22 heavy (non-hydrogen) atoms. The number of aromatic nitrogens is 1. The van der Waals surface area contributed by atoms with Gasteiger partial charge < -0.3 is 13.7 Å². The second-order valence-corrected chi connectivity index (χ2v) is 5.12. The van der Waals surface area contributed by atoms with Crippen LogP contribution >= 0.6 is 0 Å². The van der Waals surface area contributed by atoms with Gasteiger partial charge >= 0.3 is 5.63 Å². The number of hydrogen-bond donors (Lipinski definition) is 0. The lowest BCUT2D eigenvalue weighted by Gasteiger charge is -2.20. The van der Waals surface area contributed by atoms with Gasteiger partial charge in [0.25, 0.3) is 0 Å². The van der Waals surface area contributed by atoms with Gasteiger partial charge in [0, 0.05) is 30.2 Å². The van der Waals surface area contributed by atoms with Crippen LogP contribution in [0.3, 0.4) is 0 Å². The lowest BCUT2D eigenvalue weighted by molar-refractivity contribution is 0.527. The van der Waals surface area contributed by atoms with Crippen molar-refractivity contribution in [3.8, 4) is 11.5 Å². The van der Waals surface area contributed by atoms with Crippen molar-refractivity contribution in [2.45, 2.75) is 20.8 Å². The summed E-state index contributed by atoms with van der Waals surface area (Å²) in [5.41, 5.74) is 1.52. The molecule has 5 nitrogen and oxygen atoms in total. The smallest absolute Gasteiger partial charge is 0.349 e. The topological polar surface area (TPSA) is 59.5 Å². The van der Waals surface area contributed by atoms with Crippen molar-refractivity contribution < 1.29 is 8.83 Å². The normalized spacial score (nSPS) is 11.0. The van der Waals surface area contributed by atoms with E-state index in [1.165, 1.54) is 0 Å². The Bertz CT molecular complexity index is 860. The Morgan fingerprint density at radius 2 is 1.91 bits per heavy atom. The first-order valence-electron chi connectivity index (χ1n) is 7.38. The molecule has 0 aliphatic rings. The maximum Gasteiger partial charge on any atom is 0.349 e. The zero-order valence-corrected chi connectivity index (χ0v) is 12.9. The molecule has 3 aromatic rings. The molecule has 0 fully saturated rings. The number of aryl methyl sites for hydroxylation is 1. The highest BCUT2D eigenvalue weighted by Crippen LogP contribution is 2.25. The Morgan fingerprint density at radius 1 is 1.14 bits per heavy atom. The van der Waals surface area contributed by atoms with Gasteiger partial charge in [-0.15, -0.1) is 0 Å². The molecule has 0 aliphatic carbocycles. The molecule has 0 radical (unpaired) electrons. The van der Waals surface area contributed by atoms with Crippen molar-refractivity contribution in [3.63, 3.8) is 0 Å². The van der Waals surface area contributed by atoms with Crippen LogP contribution in [0.15, 0.2) is 44.1 Å². The molecule has 1 aromatic carbocycles. The lowest BCUT2D eigenvalue weighted by Crippen LogP contribution is -2.21. The van der Waals surface area contributed by atoms with Crippen LogP contribution in [-0.2, 0) is 0 Å². The Morgan fingerprint density at radius 3 is 2.55 bits per heavy atom. The van der Waals surface area contributed by atoms with Crippen LogP contribution < -0.4 is 10.5 Å². The number of oxazole rings is 1. The maximum atomic E-state index is 12.2. The molecular formula is C17H18N2O3. The number of anilines is 1. The Hall–Kier alpha value is -2.56. The van der Waals surface area contributed by atoms with Gasteiger partial charge in [-0.2, -0.15) is 0 Å². The van der Waals surface area contributed by atoms with Crippen LogP contribution in [0.1, 0.15) is 19.6 Å². The van der Waals surface area contributed by atoms with E-state index in [1.54, 1.807) is 19.2 Å². The predicted molar refractivity (Wildman–Crippen MR) is 86.3 cm³/mol. The molecule has 0 N–H and O–H groups in total. The highest BCUT2D eigenvalue weighted by Gasteiger charge is 2.13. The van der Waals surface area contributed by atoms with Crippen molar-refractivity contribution in [2.24, 2.45) is 0 Å². The summed E-state index contributed by atoms with van der Waals surface area (Å²) in [5, 5.41) is 0.848. The second kappa shape index (κ2) is 5.67. The van der Waals surface area contributed by atoms with Crippen LogP contribution in [0.25, 0.3) is 22.4 Å². The van der Waals surface area contributed by atoms with Crippen molar-refractivity contribution >= 4 is 16.7 Å². The van der Waals surface area contributed by atoms with Gasteiger partial charge in [0.15, 0.2) is 0 Å². The van der Waals surface area contributed by atoms with E-state index in [0.29, 0.717) is 22.8 Å². The number of fused-ring (bicyclic) bond motifs is 1. The van der Waals surface area contributed by atoms with E-state index in [1.807, 2.05) is 18.2 Å². The van der Waals surface area contributed by atoms with Crippen molar-refractivity contribution in [1.82, 2.24) is 4.98 Å². The first-order chi connectivity index (χ1) is 10.6. The van der Waals surface area contributed by atoms with E-state index in [-0.39, 0.29) is 0 Å². The number of hydrogen-bond acceptors (Lipinski definition) is 5. The zero-order chi connectivity index (χ0) is 15.7. The van der Waals surface area contributed by atoms with Gasteiger partial charge in [0.05, 0.1) is 6.20 Å². The molecule has 0 spiro atoms. The highest BCUT2D eigenvalue weighted by molar-refractivity contribution is 5.83. The van der Waals surface area contributed by atoms with Gasteiger partial charge in [-0.05, 0) is 39.0 Å². The molecule has 0 aliphatic heterocycles. The third-order valence-electron chi connectivity index (χ3n) is 3.70. The fourth-order valence-corrected chi connectivity index (χ4v) is 2.51. The molecule has 0 saturated heterocycles. The Balaban J connectivity index is 2.12. The maximum absolute atomic E-state index is 12.2. The Labute approximate surface area is 128 Å². The molecule has 0 bridgehead atoms. The number of benzene rings is 1. The van der Waals surface area contributed by atoms with E-state index in [4.69, 9.17) is 8.83 Å². The minimum atomic E-state index is -0.439. The van der Waals surface area contributed by atoms with Crippen LogP contribution in [0.5, 0.6) is 0 Å². The van der Waals surface area contributed by atoms with Gasteiger partial charge in [-0.1, -0.05) is 0 Å². The molecule has 3 rings (SSSR count). The number of nitrogens with zero attached hydrogens (tertiary/aromatic N) is 2. The predicted octanol–water partition coefficient (Wildman–Crippen LogP) is 3.60. The molecule has 114 valence electrons. The van der Waals surface area contributed by atoms with Crippen LogP contribution in [0, 0.1) is 6.92 Å². The zero-order valence-electron chi connectivity index (χ0n) is 12.9. The van der Waals surface area contributed by atoms with Gasteiger partial charge in [0.2, 0.25) is 5.89 Å². The standard InChI is InChI=1S/C17H18N2O3/c1-4-19(5-2)13-7-6-12-8-14(16-18-10-11(3)21-16)17(20)22-15(12)9-13/h6-10H,4-5H2,1-3H3. The third-order valence-corrected chi connectivity index (χ3v) is 3.70. The summed E-state index contributed by atoms with van der Waals surface area (Å²) in [6, 6.07) is 7.64. The molecule has 2 heterocycles. The molecule has 0 amide bonds. The molecule has 0 saturated carbocycles. The summed E-state index contributed by atoms with van der Waals surface area (Å²) in [7, 11) is 0. The highest BCUT2D eigenvalue weighted by atomic mass is 16.4. The van der Waals surface area contributed by atoms with Gasteiger partial charge in [-0.25, -0.2) is 9.78 Å². The molecule has 0 unspecified atom stereocenters. The number of rotatable bonds is 4. The van der Waals surface area contributed by atoms with Crippen LogP contribution in [-0.4, -0.2) is 18.1 Å². The monoisotopic (exact) mass is 298 g/mol. The largest absolute Gasteiger partial charge is 0.441 e. The summed E-state index contributed by atoms with van der Waals surface area (Å²) in [6.45, 7) is 7.78. The summed E-state index contributed by atoms with van der Waals surface area (Å²) in [5.74, 6) is 0.951. The molecule has 0 atom stereocenters. The van der Waals surface area contributed by atoms with E-state index >= 15 is 0 Å². The van der Waals surface area contributed by atoms with E-state index in [9.17, 15) is 4.79 Å². The summed E-state index contributed by atoms with van der Waals surface area (Å²) in [6.07, 6.45) is 1.59.